The Hall–Kier alpha value is -3.32. The molecule has 1 aliphatic heterocycles. The monoisotopic (exact) mass is 677 g/mol. The number of nitrogens with one attached hydrogen (secondary N) is 3. The van der Waals surface area contributed by atoms with Gasteiger partial charge < -0.3 is 20.3 Å². The van der Waals surface area contributed by atoms with Gasteiger partial charge in [-0.05, 0) is 88.9 Å². The molecule has 1 aliphatic rings. The van der Waals surface area contributed by atoms with Crippen LogP contribution in [-0.2, 0) is 24.5 Å². The maximum atomic E-state index is 13.7. The fraction of sp³-hybridized carbons (Fsp3) is 0.576. The smallest absolute Gasteiger partial charge is 0.407 e. The number of nitrogens with zero attached hydrogens (tertiary/aromatic N) is 2. The number of sulfonamides is 1. The molecule has 2 aromatic carbocycles. The van der Waals surface area contributed by atoms with Gasteiger partial charge in [0.15, 0.2) is 0 Å². The number of alkyl carbamates (subject to hydrolysis) is 1. The average Bonchev–Trinajstić information content (AvgIpc) is 3.20. The molecule has 1 fully saturated rings. The number of rotatable bonds is 13. The molecule has 46 heavy (non-hydrogen) atoms. The van der Waals surface area contributed by atoms with Crippen molar-refractivity contribution < 1.29 is 27.0 Å². The second-order valence-corrected chi connectivity index (χ2v) is 17.2. The minimum Gasteiger partial charge on any atom is -0.444 e. The van der Waals surface area contributed by atoms with Gasteiger partial charge in [0.25, 0.3) is 5.91 Å². The molecular weight excluding hydrogens is 627 g/mol. The molecule has 13 heteroatoms. The summed E-state index contributed by atoms with van der Waals surface area (Å²) < 4.78 is 52.8. The van der Waals surface area contributed by atoms with Gasteiger partial charge in [-0.3, -0.25) is 9.10 Å². The quantitative estimate of drug-likeness (QED) is 0.202. The van der Waals surface area contributed by atoms with Crippen LogP contribution < -0.4 is 19.8 Å². The lowest BCUT2D eigenvalue weighted by molar-refractivity contribution is 0.0500. The summed E-state index contributed by atoms with van der Waals surface area (Å²) in [5, 5.41) is 5.81. The van der Waals surface area contributed by atoms with Gasteiger partial charge in [-0.1, -0.05) is 32.6 Å². The van der Waals surface area contributed by atoms with E-state index in [0.29, 0.717) is 35.8 Å². The third-order valence-corrected chi connectivity index (χ3v) is 11.0. The second kappa shape index (κ2) is 16.0. The van der Waals surface area contributed by atoms with Crippen LogP contribution in [0.5, 0.6) is 0 Å². The van der Waals surface area contributed by atoms with E-state index in [-0.39, 0.29) is 17.3 Å². The second-order valence-electron chi connectivity index (χ2n) is 13.0. The first-order valence-corrected chi connectivity index (χ1v) is 19.6. The van der Waals surface area contributed by atoms with Gasteiger partial charge in [-0.25, -0.2) is 22.2 Å². The number of ether oxygens (including phenoxy) is 1. The highest BCUT2D eigenvalue weighted by Crippen LogP contribution is 2.30. The van der Waals surface area contributed by atoms with Crippen molar-refractivity contribution in [1.82, 2.24) is 5.32 Å². The Balaban J connectivity index is 1.77. The van der Waals surface area contributed by atoms with Gasteiger partial charge in [0, 0.05) is 48.2 Å². The van der Waals surface area contributed by atoms with E-state index in [4.69, 9.17) is 9.52 Å². The number of carbonyl (C=O) groups is 2. The van der Waals surface area contributed by atoms with Crippen LogP contribution in [0.25, 0.3) is 0 Å². The van der Waals surface area contributed by atoms with Crippen molar-refractivity contribution in [2.24, 2.45) is 0 Å². The van der Waals surface area contributed by atoms with Gasteiger partial charge in [-0.15, -0.1) is 0 Å². The van der Waals surface area contributed by atoms with Crippen molar-refractivity contribution >= 4 is 48.8 Å². The van der Waals surface area contributed by atoms with E-state index in [2.05, 4.69) is 22.5 Å². The molecule has 0 saturated carbocycles. The Morgan fingerprint density at radius 1 is 1.00 bits per heavy atom. The lowest BCUT2D eigenvalue weighted by Gasteiger charge is -2.26. The lowest BCUT2D eigenvalue weighted by Crippen LogP contribution is -2.39. The first-order valence-electron chi connectivity index (χ1n) is 16.0. The highest BCUT2D eigenvalue weighted by atomic mass is 32.2. The Kier molecular flexibility index (Phi) is 12.9. The third kappa shape index (κ3) is 11.2. The molecule has 0 bridgehead atoms. The van der Waals surface area contributed by atoms with E-state index in [1.54, 1.807) is 42.5 Å². The predicted molar refractivity (Wildman–Crippen MR) is 186 cm³/mol. The standard InChI is InChI=1S/C33H51N5O6S2/c1-7-8-9-10-11-23-46(34,43)28-17-14-26(15-18-28)35-31(39)29-24-27(16-19-30(29)37(5)45(6,41)42)38-21-12-13-25(20-22-38)36-32(40)44-33(2,3)4/h14-19,24-25,34H,7-13,20-23H2,1-6H3,(H,35,39)(H,36,40). The number of unbranched alkanes of at least 4 members (excludes halogenated alkanes) is 4. The molecule has 2 amide bonds. The zero-order chi connectivity index (χ0) is 34.1. The van der Waals surface area contributed by atoms with Crippen molar-refractivity contribution in [3.8, 4) is 0 Å². The van der Waals surface area contributed by atoms with Crippen molar-refractivity contribution in [3.63, 3.8) is 0 Å². The topological polar surface area (TPSA) is 149 Å². The molecule has 0 spiro atoms. The van der Waals surface area contributed by atoms with E-state index in [1.807, 2.05) is 20.8 Å². The summed E-state index contributed by atoms with van der Waals surface area (Å²) >= 11 is 0. The van der Waals surface area contributed by atoms with Crippen LogP contribution in [0.2, 0.25) is 0 Å². The zero-order valence-corrected chi connectivity index (χ0v) is 29.7. The molecule has 2 aromatic rings. The van der Waals surface area contributed by atoms with E-state index in [0.717, 1.165) is 61.2 Å². The summed E-state index contributed by atoms with van der Waals surface area (Å²) in [7, 11) is -5.20. The number of benzene rings is 2. The van der Waals surface area contributed by atoms with Gasteiger partial charge >= 0.3 is 6.09 Å². The molecule has 0 aliphatic carbocycles. The van der Waals surface area contributed by atoms with Crippen molar-refractivity contribution in [2.45, 2.75) is 95.6 Å². The molecular formula is C33H51N5O6S2. The molecule has 11 nitrogen and oxygen atoms in total. The molecule has 1 heterocycles. The maximum Gasteiger partial charge on any atom is 0.407 e. The zero-order valence-electron chi connectivity index (χ0n) is 28.1. The average molecular weight is 678 g/mol. The third-order valence-electron chi connectivity index (χ3n) is 7.90. The molecule has 0 radical (unpaired) electrons. The summed E-state index contributed by atoms with van der Waals surface area (Å²) in [6.45, 7) is 8.91. The highest BCUT2D eigenvalue weighted by Gasteiger charge is 2.25. The summed E-state index contributed by atoms with van der Waals surface area (Å²) in [4.78, 5) is 28.5. The van der Waals surface area contributed by atoms with Crippen molar-refractivity contribution in [1.29, 1.82) is 4.78 Å². The number of hydrogen-bond donors (Lipinski definition) is 3. The normalized spacial score (nSPS) is 17.0. The largest absolute Gasteiger partial charge is 0.444 e. The maximum absolute atomic E-state index is 13.7. The van der Waals surface area contributed by atoms with E-state index in [1.165, 1.54) is 7.05 Å². The molecule has 3 rings (SSSR count). The Morgan fingerprint density at radius 3 is 2.30 bits per heavy atom. The van der Waals surface area contributed by atoms with Crippen LogP contribution in [0, 0.1) is 4.78 Å². The molecule has 0 aromatic heterocycles. The number of amides is 2. The molecule has 1 saturated heterocycles. The van der Waals surface area contributed by atoms with Crippen LogP contribution in [-0.4, -0.2) is 68.4 Å². The highest BCUT2D eigenvalue weighted by molar-refractivity contribution is 7.92. The van der Waals surface area contributed by atoms with Gasteiger partial charge in [0.05, 0.1) is 27.2 Å². The summed E-state index contributed by atoms with van der Waals surface area (Å²) in [5.41, 5.74) is 1.03. The van der Waals surface area contributed by atoms with Crippen LogP contribution in [0.15, 0.2) is 47.4 Å². The van der Waals surface area contributed by atoms with Crippen molar-refractivity contribution in [2.75, 3.05) is 46.7 Å². The first kappa shape index (κ1) is 37.1. The van der Waals surface area contributed by atoms with Crippen molar-refractivity contribution in [3.05, 3.63) is 48.0 Å². The Morgan fingerprint density at radius 2 is 1.67 bits per heavy atom. The summed E-state index contributed by atoms with van der Waals surface area (Å²) in [5.74, 6) is -0.202. The van der Waals surface area contributed by atoms with Crippen LogP contribution in [0.4, 0.5) is 21.9 Å². The lowest BCUT2D eigenvalue weighted by atomic mass is 10.1. The Bertz CT molecular complexity index is 1550. The first-order chi connectivity index (χ1) is 21.5. The van der Waals surface area contributed by atoms with Gasteiger partial charge in [0.2, 0.25) is 10.0 Å². The fourth-order valence-corrected chi connectivity index (χ4v) is 7.25. The molecule has 256 valence electrons. The summed E-state index contributed by atoms with van der Waals surface area (Å²) in [6.07, 6.45) is 7.88. The van der Waals surface area contributed by atoms with Gasteiger partial charge in [-0.2, -0.15) is 0 Å². The molecule has 3 N–H and O–H groups in total. The summed E-state index contributed by atoms with van der Waals surface area (Å²) in [6, 6.07) is 11.5. The van der Waals surface area contributed by atoms with E-state index in [9.17, 15) is 22.2 Å². The van der Waals surface area contributed by atoms with Crippen LogP contribution in [0.1, 0.15) is 89.4 Å². The van der Waals surface area contributed by atoms with Crippen LogP contribution in [0.3, 0.4) is 0 Å². The van der Waals surface area contributed by atoms with E-state index >= 15 is 0 Å². The minimum absolute atomic E-state index is 0.0549. The van der Waals surface area contributed by atoms with Gasteiger partial charge in [0.1, 0.15) is 5.60 Å². The minimum atomic E-state index is -3.66. The molecule has 2 unspecified atom stereocenters. The Labute approximate surface area is 275 Å². The number of hydrogen-bond acceptors (Lipinski definition) is 8. The van der Waals surface area contributed by atoms with E-state index < -0.39 is 37.4 Å². The SMILES string of the molecule is CCCCCCCS(=N)(=O)c1ccc(NC(=O)c2cc(N3CCCC(NC(=O)OC(C)(C)C)CC3)ccc2N(C)S(C)(=O)=O)cc1. The number of anilines is 3. The van der Waals surface area contributed by atoms with Crippen LogP contribution >= 0.6 is 0 Å². The predicted octanol–water partition coefficient (Wildman–Crippen LogP) is 6.59. The number of carbonyl (C=O) groups excluding carboxylic acids is 2. The fourth-order valence-electron chi connectivity index (χ4n) is 5.31. The molecule has 2 atom stereocenters.